The van der Waals surface area contributed by atoms with E-state index in [0.717, 1.165) is 0 Å². The highest BCUT2D eigenvalue weighted by Crippen LogP contribution is 2.25. The van der Waals surface area contributed by atoms with Crippen LogP contribution in [-0.4, -0.2) is 27.0 Å². The van der Waals surface area contributed by atoms with E-state index in [1.807, 2.05) is 19.9 Å². The van der Waals surface area contributed by atoms with E-state index in [0.29, 0.717) is 17.0 Å². The van der Waals surface area contributed by atoms with Crippen molar-refractivity contribution in [2.45, 2.75) is 24.8 Å². The molecule has 1 amide bonds. The number of benzene rings is 2. The summed E-state index contributed by atoms with van der Waals surface area (Å²) in [6.45, 7) is 7.41. The third-order valence-corrected chi connectivity index (χ3v) is 4.78. The summed E-state index contributed by atoms with van der Waals surface area (Å²) in [5, 5.41) is 2.78. The average Bonchev–Trinajstić information content (AvgIpc) is 2.61. The van der Waals surface area contributed by atoms with Gasteiger partial charge in [0.15, 0.2) is 0 Å². The van der Waals surface area contributed by atoms with Crippen LogP contribution in [0.5, 0.6) is 5.75 Å². The molecule has 2 rings (SSSR count). The van der Waals surface area contributed by atoms with E-state index >= 15 is 0 Å². The van der Waals surface area contributed by atoms with Gasteiger partial charge in [0, 0.05) is 12.1 Å². The summed E-state index contributed by atoms with van der Waals surface area (Å²) in [6, 6.07) is 12.8. The Morgan fingerprint density at radius 2 is 1.81 bits per heavy atom. The zero-order valence-corrected chi connectivity index (χ0v) is 15.5. The van der Waals surface area contributed by atoms with Crippen molar-refractivity contribution >= 4 is 21.6 Å². The number of amides is 1. The minimum atomic E-state index is -3.62. The van der Waals surface area contributed by atoms with Crippen LogP contribution in [0.25, 0.3) is 0 Å². The smallest absolute Gasteiger partial charge is 0.255 e. The Hall–Kier alpha value is -2.64. The molecular weight excluding hydrogens is 352 g/mol. The van der Waals surface area contributed by atoms with Crippen LogP contribution in [0, 0.1) is 0 Å². The highest BCUT2D eigenvalue weighted by atomic mass is 32.2. The van der Waals surface area contributed by atoms with Gasteiger partial charge >= 0.3 is 0 Å². The van der Waals surface area contributed by atoms with Crippen LogP contribution in [0.2, 0.25) is 0 Å². The van der Waals surface area contributed by atoms with Gasteiger partial charge in [-0.3, -0.25) is 4.79 Å². The maximum atomic E-state index is 12.4. The molecular formula is C19H22N2O4S. The Kier molecular flexibility index (Phi) is 6.54. The zero-order chi connectivity index (χ0) is 19.2. The lowest BCUT2D eigenvalue weighted by Gasteiger charge is -2.15. The highest BCUT2D eigenvalue weighted by Gasteiger charge is 2.15. The summed E-state index contributed by atoms with van der Waals surface area (Å²) in [7, 11) is -3.62. The number of sulfonamides is 1. The first-order valence-corrected chi connectivity index (χ1v) is 9.59. The normalized spacial score (nSPS) is 11.2. The number of hydrogen-bond acceptors (Lipinski definition) is 4. The molecule has 2 aromatic carbocycles. The predicted octanol–water partition coefficient (Wildman–Crippen LogP) is 3.19. The van der Waals surface area contributed by atoms with Crippen molar-refractivity contribution in [2.24, 2.45) is 0 Å². The number of anilines is 1. The largest absolute Gasteiger partial charge is 0.489 e. The molecule has 138 valence electrons. The zero-order valence-electron chi connectivity index (χ0n) is 14.7. The minimum Gasteiger partial charge on any atom is -0.489 e. The Labute approximate surface area is 153 Å². The number of para-hydroxylation sites is 2. The third-order valence-electron chi connectivity index (χ3n) is 3.34. The molecule has 0 atom stereocenters. The maximum absolute atomic E-state index is 12.4. The van der Waals surface area contributed by atoms with E-state index in [9.17, 15) is 13.2 Å². The SMILES string of the molecule is C=CCNS(=O)(=O)c1ccc(C(=O)Nc2ccccc2OC(C)C)cc1. The number of ether oxygens (including phenoxy) is 1. The van der Waals surface area contributed by atoms with Gasteiger partial charge in [-0.2, -0.15) is 0 Å². The van der Waals surface area contributed by atoms with Crippen LogP contribution in [0.3, 0.4) is 0 Å². The summed E-state index contributed by atoms with van der Waals surface area (Å²) >= 11 is 0. The van der Waals surface area contributed by atoms with Gasteiger partial charge in [0.1, 0.15) is 5.75 Å². The minimum absolute atomic E-state index is 0.0272. The van der Waals surface area contributed by atoms with E-state index < -0.39 is 10.0 Å². The lowest BCUT2D eigenvalue weighted by molar-refractivity contribution is 0.102. The topological polar surface area (TPSA) is 84.5 Å². The van der Waals surface area contributed by atoms with E-state index in [1.54, 1.807) is 18.2 Å². The molecule has 0 fully saturated rings. The van der Waals surface area contributed by atoms with Crippen LogP contribution < -0.4 is 14.8 Å². The van der Waals surface area contributed by atoms with Gasteiger partial charge in [0.05, 0.1) is 16.7 Å². The van der Waals surface area contributed by atoms with E-state index in [-0.39, 0.29) is 23.5 Å². The Morgan fingerprint density at radius 3 is 2.42 bits per heavy atom. The molecule has 0 spiro atoms. The Bertz CT molecular complexity index is 875. The molecule has 0 aliphatic heterocycles. The Balaban J connectivity index is 2.15. The first-order valence-electron chi connectivity index (χ1n) is 8.11. The summed E-state index contributed by atoms with van der Waals surface area (Å²) in [6.07, 6.45) is 1.43. The molecule has 0 aromatic heterocycles. The molecule has 26 heavy (non-hydrogen) atoms. The molecule has 0 aliphatic rings. The molecule has 0 aliphatic carbocycles. The number of carbonyl (C=O) groups excluding carboxylic acids is 1. The summed E-state index contributed by atoms with van der Waals surface area (Å²) in [5.74, 6) is 0.219. The van der Waals surface area contributed by atoms with Crippen LogP contribution in [0.4, 0.5) is 5.69 Å². The number of hydrogen-bond donors (Lipinski definition) is 2. The first-order chi connectivity index (χ1) is 12.3. The summed E-state index contributed by atoms with van der Waals surface area (Å²) in [4.78, 5) is 12.5. The van der Waals surface area contributed by atoms with Gasteiger partial charge in [0.2, 0.25) is 10.0 Å². The van der Waals surface area contributed by atoms with E-state index in [1.165, 1.54) is 30.3 Å². The molecule has 2 N–H and O–H groups in total. The molecule has 0 bridgehead atoms. The molecule has 0 saturated heterocycles. The molecule has 2 aromatic rings. The monoisotopic (exact) mass is 374 g/mol. The molecule has 7 heteroatoms. The molecule has 0 unspecified atom stereocenters. The lowest BCUT2D eigenvalue weighted by Crippen LogP contribution is -2.23. The third kappa shape index (κ3) is 5.18. The standard InChI is InChI=1S/C19H22N2O4S/c1-4-13-20-26(23,24)16-11-9-15(10-12-16)19(22)21-17-7-5-6-8-18(17)25-14(2)3/h4-12,14,20H,1,13H2,2-3H3,(H,21,22). The van der Waals surface area contributed by atoms with E-state index in [4.69, 9.17) is 4.74 Å². The second kappa shape index (κ2) is 8.64. The van der Waals surface area contributed by atoms with Crippen LogP contribution in [0.15, 0.2) is 66.1 Å². The highest BCUT2D eigenvalue weighted by molar-refractivity contribution is 7.89. The van der Waals surface area contributed by atoms with Crippen molar-refractivity contribution in [1.29, 1.82) is 0 Å². The van der Waals surface area contributed by atoms with Crippen molar-refractivity contribution in [3.8, 4) is 5.75 Å². The van der Waals surface area contributed by atoms with Crippen LogP contribution in [0.1, 0.15) is 24.2 Å². The predicted molar refractivity (Wildman–Crippen MR) is 102 cm³/mol. The average molecular weight is 374 g/mol. The molecule has 0 heterocycles. The fourth-order valence-electron chi connectivity index (χ4n) is 2.16. The van der Waals surface area contributed by atoms with Gasteiger partial charge in [0.25, 0.3) is 5.91 Å². The van der Waals surface area contributed by atoms with Crippen molar-refractivity contribution in [3.63, 3.8) is 0 Å². The number of nitrogens with one attached hydrogen (secondary N) is 2. The van der Waals surface area contributed by atoms with Crippen LogP contribution >= 0.6 is 0 Å². The second-order valence-electron chi connectivity index (χ2n) is 5.78. The maximum Gasteiger partial charge on any atom is 0.255 e. The molecule has 6 nitrogen and oxygen atoms in total. The van der Waals surface area contributed by atoms with Crippen molar-refractivity contribution in [3.05, 3.63) is 66.7 Å². The number of rotatable bonds is 8. The first kappa shape index (κ1) is 19.7. The van der Waals surface area contributed by atoms with E-state index in [2.05, 4.69) is 16.6 Å². The fraction of sp³-hybridized carbons (Fsp3) is 0.211. The molecule has 0 saturated carbocycles. The Morgan fingerprint density at radius 1 is 1.15 bits per heavy atom. The van der Waals surface area contributed by atoms with Gasteiger partial charge < -0.3 is 10.1 Å². The van der Waals surface area contributed by atoms with Gasteiger partial charge in [-0.1, -0.05) is 18.2 Å². The summed E-state index contributed by atoms with van der Waals surface area (Å²) in [5.41, 5.74) is 0.891. The van der Waals surface area contributed by atoms with Crippen molar-refractivity contribution < 1.29 is 17.9 Å². The van der Waals surface area contributed by atoms with Gasteiger partial charge in [-0.05, 0) is 50.2 Å². The van der Waals surface area contributed by atoms with Gasteiger partial charge in [-0.15, -0.1) is 6.58 Å². The van der Waals surface area contributed by atoms with Gasteiger partial charge in [-0.25, -0.2) is 13.1 Å². The summed E-state index contributed by atoms with van der Waals surface area (Å²) < 4.78 is 32.1. The second-order valence-corrected chi connectivity index (χ2v) is 7.55. The lowest BCUT2D eigenvalue weighted by atomic mass is 10.2. The van der Waals surface area contributed by atoms with Crippen molar-refractivity contribution in [2.75, 3.05) is 11.9 Å². The number of carbonyl (C=O) groups is 1. The van der Waals surface area contributed by atoms with Crippen molar-refractivity contribution in [1.82, 2.24) is 4.72 Å². The molecule has 0 radical (unpaired) electrons. The van der Waals surface area contributed by atoms with Crippen LogP contribution in [-0.2, 0) is 10.0 Å². The quantitative estimate of drug-likeness (QED) is 0.695. The fourth-order valence-corrected chi connectivity index (χ4v) is 3.16.